The quantitative estimate of drug-likeness (QED) is 0.657. The topological polar surface area (TPSA) is 64.3 Å². The van der Waals surface area contributed by atoms with Crippen molar-refractivity contribution in [2.45, 2.75) is 83.8 Å². The largest absolute Gasteiger partial charge is 0.387 e. The summed E-state index contributed by atoms with van der Waals surface area (Å²) in [6.45, 7) is 5.72. The fraction of sp³-hybridized carbons (Fsp3) is 0.846. The van der Waals surface area contributed by atoms with Crippen LogP contribution in [-0.2, 0) is 16.1 Å². The lowest BCUT2D eigenvalue weighted by atomic mass is 9.44. The lowest BCUT2D eigenvalue weighted by Gasteiger charge is -2.62. The Bertz CT molecular complexity index is 873. The highest BCUT2D eigenvalue weighted by Crippen LogP contribution is 2.68. The predicted molar refractivity (Wildman–Crippen MR) is 124 cm³/mol. The number of aromatic nitrogens is 2. The molecular weight excluding hydrogens is 424 g/mol. The molecule has 8 atom stereocenters. The second-order valence-corrected chi connectivity index (χ2v) is 12.5. The molecule has 1 heterocycles. The molecule has 1 N–H and O–H groups in total. The Hall–Kier alpha value is -0.910. The highest BCUT2D eigenvalue weighted by molar-refractivity contribution is 6.30. The number of carbonyl (C=O) groups excluding carboxylic acids is 1. The molecule has 4 fully saturated rings. The third-order valence-electron chi connectivity index (χ3n) is 10.5. The van der Waals surface area contributed by atoms with Crippen LogP contribution in [-0.4, -0.2) is 40.0 Å². The Morgan fingerprint density at radius 1 is 1.16 bits per heavy atom. The van der Waals surface area contributed by atoms with Gasteiger partial charge in [0.1, 0.15) is 0 Å². The van der Waals surface area contributed by atoms with Crippen molar-refractivity contribution < 1.29 is 14.6 Å². The zero-order chi connectivity index (χ0) is 22.7. The smallest absolute Gasteiger partial charge is 0.157 e. The van der Waals surface area contributed by atoms with Crippen LogP contribution in [0.4, 0.5) is 0 Å². The first-order chi connectivity index (χ1) is 15.2. The Kier molecular flexibility index (Phi) is 5.78. The molecule has 4 saturated carbocycles. The van der Waals surface area contributed by atoms with Crippen molar-refractivity contribution in [2.24, 2.45) is 40.4 Å². The number of halogens is 1. The normalized spacial score (nSPS) is 45.7. The van der Waals surface area contributed by atoms with Crippen molar-refractivity contribution >= 4 is 17.4 Å². The summed E-state index contributed by atoms with van der Waals surface area (Å²) < 4.78 is 7.05. The van der Waals surface area contributed by atoms with Crippen LogP contribution in [0.1, 0.15) is 71.6 Å². The van der Waals surface area contributed by atoms with Crippen molar-refractivity contribution in [3.8, 4) is 0 Å². The van der Waals surface area contributed by atoms with E-state index in [1.807, 2.05) is 0 Å². The summed E-state index contributed by atoms with van der Waals surface area (Å²) in [5, 5.41) is 15.9. The highest BCUT2D eigenvalue weighted by Gasteiger charge is 2.62. The molecule has 1 aromatic heterocycles. The molecule has 4 aliphatic rings. The summed E-state index contributed by atoms with van der Waals surface area (Å²) in [5.41, 5.74) is -0.211. The van der Waals surface area contributed by atoms with E-state index in [9.17, 15) is 9.90 Å². The van der Waals surface area contributed by atoms with Gasteiger partial charge in [0.2, 0.25) is 0 Å². The van der Waals surface area contributed by atoms with E-state index in [1.54, 1.807) is 24.2 Å². The summed E-state index contributed by atoms with van der Waals surface area (Å²) in [5.74, 6) is 3.15. The minimum atomic E-state index is -0.644. The first-order valence-corrected chi connectivity index (χ1v) is 13.0. The van der Waals surface area contributed by atoms with Gasteiger partial charge in [-0.15, -0.1) is 0 Å². The SMILES string of the molecule is COC[C@@]1(O)CC[C@@]2(C)[C@@H](CC[C@@H]3[C@@H]2CC[C@]2(C)[C@@H](C(=O)Cn4cc(Cl)cn4)CC[C@@H]32)C1. The van der Waals surface area contributed by atoms with Crippen LogP contribution in [0.25, 0.3) is 0 Å². The predicted octanol–water partition coefficient (Wildman–Crippen LogP) is 5.14. The van der Waals surface area contributed by atoms with Gasteiger partial charge in [-0.2, -0.15) is 5.10 Å². The molecule has 0 saturated heterocycles. The van der Waals surface area contributed by atoms with E-state index in [-0.39, 0.29) is 11.3 Å². The maximum atomic E-state index is 13.3. The van der Waals surface area contributed by atoms with Crippen LogP contribution in [0.15, 0.2) is 12.4 Å². The average Bonchev–Trinajstić information content (AvgIpc) is 3.31. The first kappa shape index (κ1) is 22.9. The zero-order valence-corrected chi connectivity index (χ0v) is 20.6. The summed E-state index contributed by atoms with van der Waals surface area (Å²) >= 11 is 6.00. The lowest BCUT2D eigenvalue weighted by Crippen LogP contribution is -2.56. The van der Waals surface area contributed by atoms with E-state index in [0.717, 1.165) is 43.9 Å². The molecular formula is C26H39ClN2O3. The van der Waals surface area contributed by atoms with E-state index in [0.29, 0.717) is 41.2 Å². The molecule has 0 spiro atoms. The third-order valence-corrected chi connectivity index (χ3v) is 10.7. The van der Waals surface area contributed by atoms with Gasteiger partial charge in [0, 0.05) is 19.2 Å². The Labute approximate surface area is 197 Å². The zero-order valence-electron chi connectivity index (χ0n) is 19.9. The molecule has 0 radical (unpaired) electrons. The molecule has 0 amide bonds. The Morgan fingerprint density at radius 2 is 1.94 bits per heavy atom. The number of methoxy groups -OCH3 is 1. The third kappa shape index (κ3) is 3.58. The molecule has 1 aromatic rings. The fourth-order valence-corrected chi connectivity index (χ4v) is 9.10. The van der Waals surface area contributed by atoms with Gasteiger partial charge in [-0.1, -0.05) is 25.4 Å². The molecule has 5 rings (SSSR count). The first-order valence-electron chi connectivity index (χ1n) is 12.6. The minimum absolute atomic E-state index is 0.115. The van der Waals surface area contributed by atoms with E-state index in [1.165, 1.54) is 25.7 Å². The Balaban J connectivity index is 1.32. The van der Waals surface area contributed by atoms with Gasteiger partial charge in [-0.05, 0) is 92.3 Å². The van der Waals surface area contributed by atoms with Crippen molar-refractivity contribution in [1.29, 1.82) is 0 Å². The summed E-state index contributed by atoms with van der Waals surface area (Å²) in [7, 11) is 1.70. The lowest BCUT2D eigenvalue weighted by molar-refractivity contribution is -0.164. The number of Topliss-reactive ketones (excluding diaryl/α,β-unsaturated/α-hetero) is 1. The van der Waals surface area contributed by atoms with Gasteiger partial charge in [0.25, 0.3) is 0 Å². The van der Waals surface area contributed by atoms with E-state index in [4.69, 9.17) is 16.3 Å². The van der Waals surface area contributed by atoms with Crippen molar-refractivity contribution in [1.82, 2.24) is 9.78 Å². The number of nitrogens with zero attached hydrogens (tertiary/aromatic N) is 2. The molecule has 6 heteroatoms. The molecule has 4 aliphatic carbocycles. The number of fused-ring (bicyclic) bond motifs is 5. The van der Waals surface area contributed by atoms with Crippen LogP contribution < -0.4 is 0 Å². The Morgan fingerprint density at radius 3 is 2.66 bits per heavy atom. The minimum Gasteiger partial charge on any atom is -0.387 e. The number of aliphatic hydroxyl groups is 1. The monoisotopic (exact) mass is 462 g/mol. The molecule has 0 aliphatic heterocycles. The van der Waals surface area contributed by atoms with Crippen LogP contribution in [0, 0.1) is 40.4 Å². The second-order valence-electron chi connectivity index (χ2n) is 12.0. The molecule has 5 nitrogen and oxygen atoms in total. The highest BCUT2D eigenvalue weighted by atomic mass is 35.5. The molecule has 178 valence electrons. The van der Waals surface area contributed by atoms with Crippen molar-refractivity contribution in [3.63, 3.8) is 0 Å². The molecule has 32 heavy (non-hydrogen) atoms. The maximum absolute atomic E-state index is 13.3. The van der Waals surface area contributed by atoms with E-state index >= 15 is 0 Å². The average molecular weight is 463 g/mol. The van der Waals surface area contributed by atoms with Gasteiger partial charge in [0.15, 0.2) is 5.78 Å². The number of hydrogen-bond acceptors (Lipinski definition) is 4. The van der Waals surface area contributed by atoms with Crippen LogP contribution >= 0.6 is 11.6 Å². The van der Waals surface area contributed by atoms with Gasteiger partial charge in [0.05, 0.1) is 30.0 Å². The summed E-state index contributed by atoms with van der Waals surface area (Å²) in [4.78, 5) is 13.3. The number of hydrogen-bond donors (Lipinski definition) is 1. The van der Waals surface area contributed by atoms with E-state index < -0.39 is 5.60 Å². The molecule has 0 bridgehead atoms. The fourth-order valence-electron chi connectivity index (χ4n) is 8.95. The second kappa shape index (κ2) is 8.09. The van der Waals surface area contributed by atoms with Crippen LogP contribution in [0.5, 0.6) is 0 Å². The van der Waals surface area contributed by atoms with Gasteiger partial charge in [-0.25, -0.2) is 0 Å². The molecule has 0 aromatic carbocycles. The number of rotatable bonds is 5. The van der Waals surface area contributed by atoms with Crippen molar-refractivity contribution in [2.75, 3.05) is 13.7 Å². The van der Waals surface area contributed by atoms with Crippen LogP contribution in [0.3, 0.4) is 0 Å². The molecule has 0 unspecified atom stereocenters. The standard InChI is InChI=1S/C26H39ClN2O3/c1-24-10-11-26(31,16-32-3)12-17(24)4-5-19-20-6-7-22(25(20,2)9-8-21(19)24)23(30)15-29-14-18(27)13-28-29/h13-14,17,19-22,31H,4-12,15-16H2,1-3H3/t17-,19-,20-,21-,22+,24-,25-,26+/m0/s1. The van der Waals surface area contributed by atoms with Crippen molar-refractivity contribution in [3.05, 3.63) is 17.4 Å². The van der Waals surface area contributed by atoms with Gasteiger partial charge >= 0.3 is 0 Å². The maximum Gasteiger partial charge on any atom is 0.157 e. The number of carbonyl (C=O) groups is 1. The van der Waals surface area contributed by atoms with Gasteiger partial charge in [-0.3, -0.25) is 9.48 Å². The number of ether oxygens (including phenoxy) is 1. The number of ketones is 1. The summed E-state index contributed by atoms with van der Waals surface area (Å²) in [6.07, 6.45) is 13.2. The van der Waals surface area contributed by atoms with Gasteiger partial charge < -0.3 is 9.84 Å². The van der Waals surface area contributed by atoms with E-state index in [2.05, 4.69) is 18.9 Å². The summed E-state index contributed by atoms with van der Waals surface area (Å²) in [6, 6.07) is 0. The van der Waals surface area contributed by atoms with Crippen LogP contribution in [0.2, 0.25) is 5.02 Å².